The number of nitrogens with two attached hydrogens (primary N) is 1. The summed E-state index contributed by atoms with van der Waals surface area (Å²) in [6, 6.07) is 15.6. The van der Waals surface area contributed by atoms with Crippen LogP contribution in [0.15, 0.2) is 48.5 Å². The molecule has 0 saturated carbocycles. The van der Waals surface area contributed by atoms with Gasteiger partial charge in [0.2, 0.25) is 0 Å². The lowest BCUT2D eigenvalue weighted by atomic mass is 9.95. The van der Waals surface area contributed by atoms with Gasteiger partial charge in [-0.25, -0.2) is 0 Å². The third-order valence-electron chi connectivity index (χ3n) is 3.20. The van der Waals surface area contributed by atoms with E-state index in [1.807, 2.05) is 36.4 Å². The van der Waals surface area contributed by atoms with Crippen molar-refractivity contribution < 1.29 is 5.11 Å². The predicted octanol–water partition coefficient (Wildman–Crippen LogP) is 3.55. The largest absolute Gasteiger partial charge is 0.398 e. The molecule has 0 aliphatic rings. The van der Waals surface area contributed by atoms with Crippen molar-refractivity contribution in [3.63, 3.8) is 0 Å². The van der Waals surface area contributed by atoms with Crippen LogP contribution in [0.5, 0.6) is 0 Å². The Kier molecular flexibility index (Phi) is 4.23. The molecule has 1 atom stereocenters. The molecule has 0 heterocycles. The summed E-state index contributed by atoms with van der Waals surface area (Å²) in [5.74, 6) is 0.606. The van der Waals surface area contributed by atoms with Gasteiger partial charge in [-0.1, -0.05) is 56.3 Å². The number of hydrogen-bond donors (Lipinski definition) is 2. The van der Waals surface area contributed by atoms with E-state index in [1.165, 1.54) is 5.56 Å². The molecule has 0 radical (unpaired) electrons. The lowest BCUT2D eigenvalue weighted by Crippen LogP contribution is -2.04. The normalized spacial score (nSPS) is 12.6. The second-order valence-corrected chi connectivity index (χ2v) is 5.37. The fourth-order valence-corrected chi connectivity index (χ4v) is 2.30. The SMILES string of the molecule is CC(C)Cc1cccc(C(O)c2ccccc2N)c1. The first-order chi connectivity index (χ1) is 9.08. The van der Waals surface area contributed by atoms with Crippen LogP contribution in [-0.2, 0) is 6.42 Å². The summed E-state index contributed by atoms with van der Waals surface area (Å²) in [7, 11) is 0. The number of rotatable bonds is 4. The fraction of sp³-hybridized carbons (Fsp3) is 0.294. The molecule has 2 aromatic carbocycles. The van der Waals surface area contributed by atoms with E-state index in [9.17, 15) is 5.11 Å². The molecule has 0 aliphatic heterocycles. The van der Waals surface area contributed by atoms with Gasteiger partial charge in [0, 0.05) is 11.3 Å². The number of benzene rings is 2. The van der Waals surface area contributed by atoms with Gasteiger partial charge in [0.1, 0.15) is 6.10 Å². The molecular formula is C17H21NO. The van der Waals surface area contributed by atoms with E-state index in [4.69, 9.17) is 5.73 Å². The first kappa shape index (κ1) is 13.6. The van der Waals surface area contributed by atoms with Crippen LogP contribution in [0.1, 0.15) is 36.6 Å². The highest BCUT2D eigenvalue weighted by Gasteiger charge is 2.13. The van der Waals surface area contributed by atoms with Gasteiger partial charge < -0.3 is 10.8 Å². The summed E-state index contributed by atoms with van der Waals surface area (Å²) in [6.45, 7) is 4.39. The molecule has 19 heavy (non-hydrogen) atoms. The Hall–Kier alpha value is -1.80. The van der Waals surface area contributed by atoms with Crippen LogP contribution in [0.2, 0.25) is 0 Å². The first-order valence-electron chi connectivity index (χ1n) is 6.69. The topological polar surface area (TPSA) is 46.2 Å². The Morgan fingerprint density at radius 3 is 2.47 bits per heavy atom. The maximum Gasteiger partial charge on any atom is 0.106 e. The zero-order valence-electron chi connectivity index (χ0n) is 11.5. The molecule has 0 aromatic heterocycles. The molecule has 2 aromatic rings. The molecule has 0 saturated heterocycles. The Labute approximate surface area is 114 Å². The second-order valence-electron chi connectivity index (χ2n) is 5.37. The minimum absolute atomic E-state index is 0.606. The van der Waals surface area contributed by atoms with Crippen LogP contribution in [0.4, 0.5) is 5.69 Å². The average molecular weight is 255 g/mol. The van der Waals surface area contributed by atoms with Crippen molar-refractivity contribution in [3.05, 3.63) is 65.2 Å². The standard InChI is InChI=1S/C17H21NO/c1-12(2)10-13-6-5-7-14(11-13)17(19)15-8-3-4-9-16(15)18/h3-9,11-12,17,19H,10,18H2,1-2H3. The van der Waals surface area contributed by atoms with Gasteiger partial charge in [-0.3, -0.25) is 0 Å². The van der Waals surface area contributed by atoms with Crippen molar-refractivity contribution in [2.45, 2.75) is 26.4 Å². The van der Waals surface area contributed by atoms with E-state index in [-0.39, 0.29) is 0 Å². The lowest BCUT2D eigenvalue weighted by Gasteiger charge is -2.15. The molecule has 0 fully saturated rings. The molecular weight excluding hydrogens is 234 g/mol. The van der Waals surface area contributed by atoms with Gasteiger partial charge in [-0.2, -0.15) is 0 Å². The third-order valence-corrected chi connectivity index (χ3v) is 3.20. The van der Waals surface area contributed by atoms with Gasteiger partial charge in [-0.05, 0) is 29.5 Å². The zero-order chi connectivity index (χ0) is 13.8. The van der Waals surface area contributed by atoms with Gasteiger partial charge in [-0.15, -0.1) is 0 Å². The summed E-state index contributed by atoms with van der Waals surface area (Å²) in [5.41, 5.74) is 9.46. The number of hydrogen-bond acceptors (Lipinski definition) is 2. The molecule has 100 valence electrons. The van der Waals surface area contributed by atoms with Crippen molar-refractivity contribution >= 4 is 5.69 Å². The minimum atomic E-state index is -0.659. The summed E-state index contributed by atoms with van der Waals surface area (Å²) < 4.78 is 0. The van der Waals surface area contributed by atoms with Crippen LogP contribution < -0.4 is 5.73 Å². The molecule has 2 nitrogen and oxygen atoms in total. The second kappa shape index (κ2) is 5.89. The van der Waals surface area contributed by atoms with Crippen molar-refractivity contribution in [2.24, 2.45) is 5.92 Å². The number of nitrogen functional groups attached to an aromatic ring is 1. The smallest absolute Gasteiger partial charge is 0.106 e. The average Bonchev–Trinajstić information content (AvgIpc) is 2.38. The molecule has 3 N–H and O–H groups in total. The fourth-order valence-electron chi connectivity index (χ4n) is 2.30. The van der Waals surface area contributed by atoms with Crippen molar-refractivity contribution in [1.82, 2.24) is 0 Å². The van der Waals surface area contributed by atoms with Crippen LogP contribution in [0, 0.1) is 5.92 Å². The Bertz CT molecular complexity index is 548. The van der Waals surface area contributed by atoms with Gasteiger partial charge >= 0.3 is 0 Å². The van der Waals surface area contributed by atoms with Crippen LogP contribution >= 0.6 is 0 Å². The summed E-state index contributed by atoms with van der Waals surface area (Å²) >= 11 is 0. The highest BCUT2D eigenvalue weighted by Crippen LogP contribution is 2.27. The van der Waals surface area contributed by atoms with Crippen LogP contribution in [0.3, 0.4) is 0 Å². The molecule has 2 rings (SSSR count). The summed E-state index contributed by atoms with van der Waals surface area (Å²) in [6.07, 6.45) is 0.360. The first-order valence-corrected chi connectivity index (χ1v) is 6.69. The quantitative estimate of drug-likeness (QED) is 0.821. The molecule has 1 unspecified atom stereocenters. The number of anilines is 1. The lowest BCUT2D eigenvalue weighted by molar-refractivity contribution is 0.221. The predicted molar refractivity (Wildman–Crippen MR) is 79.9 cm³/mol. The minimum Gasteiger partial charge on any atom is -0.398 e. The number of aliphatic hydroxyl groups excluding tert-OH is 1. The molecule has 0 aliphatic carbocycles. The van der Waals surface area contributed by atoms with Gasteiger partial charge in [0.25, 0.3) is 0 Å². The zero-order valence-corrected chi connectivity index (χ0v) is 11.5. The molecule has 0 bridgehead atoms. The number of aliphatic hydroxyl groups is 1. The molecule has 0 spiro atoms. The van der Waals surface area contributed by atoms with E-state index in [0.29, 0.717) is 11.6 Å². The van der Waals surface area contributed by atoms with Crippen molar-refractivity contribution in [1.29, 1.82) is 0 Å². The highest BCUT2D eigenvalue weighted by atomic mass is 16.3. The van der Waals surface area contributed by atoms with Gasteiger partial charge in [0.15, 0.2) is 0 Å². The van der Waals surface area contributed by atoms with Crippen molar-refractivity contribution in [2.75, 3.05) is 5.73 Å². The van der Waals surface area contributed by atoms with Crippen LogP contribution in [0.25, 0.3) is 0 Å². The van der Waals surface area contributed by atoms with E-state index in [2.05, 4.69) is 26.0 Å². The Morgan fingerprint density at radius 1 is 1.05 bits per heavy atom. The van der Waals surface area contributed by atoms with E-state index in [1.54, 1.807) is 0 Å². The maximum absolute atomic E-state index is 10.5. The Morgan fingerprint density at radius 2 is 1.79 bits per heavy atom. The van der Waals surface area contributed by atoms with Crippen LogP contribution in [-0.4, -0.2) is 5.11 Å². The van der Waals surface area contributed by atoms with Crippen molar-refractivity contribution in [3.8, 4) is 0 Å². The third kappa shape index (κ3) is 3.36. The summed E-state index contributed by atoms with van der Waals surface area (Å²) in [4.78, 5) is 0. The molecule has 0 amide bonds. The summed E-state index contributed by atoms with van der Waals surface area (Å²) in [5, 5.41) is 10.5. The molecule has 2 heteroatoms. The van der Waals surface area contributed by atoms with E-state index >= 15 is 0 Å². The Balaban J connectivity index is 2.29. The number of para-hydroxylation sites is 1. The van der Waals surface area contributed by atoms with E-state index < -0.39 is 6.10 Å². The maximum atomic E-state index is 10.5. The van der Waals surface area contributed by atoms with E-state index in [0.717, 1.165) is 17.5 Å². The monoisotopic (exact) mass is 255 g/mol. The highest BCUT2D eigenvalue weighted by molar-refractivity contribution is 5.50. The van der Waals surface area contributed by atoms with Gasteiger partial charge in [0.05, 0.1) is 0 Å².